The van der Waals surface area contributed by atoms with E-state index in [-0.39, 0.29) is 12.8 Å². The topological polar surface area (TPSA) is 52.6 Å². The van der Waals surface area contributed by atoms with Crippen LogP contribution < -0.4 is 0 Å². The van der Waals surface area contributed by atoms with Gasteiger partial charge in [-0.25, -0.2) is 0 Å². The van der Waals surface area contributed by atoms with Crippen LogP contribution in [0, 0.1) is 0 Å². The summed E-state index contributed by atoms with van der Waals surface area (Å²) in [5.74, 6) is -0.401. The Morgan fingerprint density at radius 2 is 1.20 bits per heavy atom. The molecule has 1 atom stereocenters. The predicted octanol–water partition coefficient (Wildman–Crippen LogP) is 9.51. The van der Waals surface area contributed by atoms with Gasteiger partial charge in [-0.15, -0.1) is 0 Å². The molecule has 1 aliphatic carbocycles. The van der Waals surface area contributed by atoms with Gasteiger partial charge in [-0.05, 0) is 51.2 Å². The van der Waals surface area contributed by atoms with E-state index in [0.717, 1.165) is 11.1 Å². The SMILES string of the molecule is CC(C)(C)OC(=O)CCC(=O)OC(c1ccccc1)(c1ccc(C2CCCCCCCC2)cc1)c1ccccc1Cl. The van der Waals surface area contributed by atoms with Crippen molar-refractivity contribution in [3.63, 3.8) is 0 Å². The largest absolute Gasteiger partial charge is 0.460 e. The van der Waals surface area contributed by atoms with Crippen molar-refractivity contribution in [2.45, 2.75) is 102 Å². The fraction of sp³-hybridized carbons (Fsp3) is 0.444. The van der Waals surface area contributed by atoms with Crippen molar-refractivity contribution < 1.29 is 19.1 Å². The monoisotopic (exact) mass is 574 g/mol. The summed E-state index contributed by atoms with van der Waals surface area (Å²) in [6.07, 6.45) is 10.0. The van der Waals surface area contributed by atoms with Crippen LogP contribution in [0.2, 0.25) is 5.02 Å². The first kappa shape index (κ1) is 30.8. The predicted molar refractivity (Wildman–Crippen MR) is 165 cm³/mol. The molecule has 0 aromatic heterocycles. The normalized spacial score (nSPS) is 16.5. The van der Waals surface area contributed by atoms with Crippen molar-refractivity contribution in [1.29, 1.82) is 0 Å². The van der Waals surface area contributed by atoms with Crippen LogP contribution in [0.3, 0.4) is 0 Å². The second-order valence-corrected chi connectivity index (χ2v) is 12.5. The molecule has 0 amide bonds. The fourth-order valence-corrected chi connectivity index (χ4v) is 6.11. The van der Waals surface area contributed by atoms with Crippen LogP contribution >= 0.6 is 11.6 Å². The van der Waals surface area contributed by atoms with Gasteiger partial charge in [0.05, 0.1) is 12.8 Å². The average molecular weight is 575 g/mol. The summed E-state index contributed by atoms with van der Waals surface area (Å²) in [7, 11) is 0. The molecule has 0 N–H and O–H groups in total. The molecule has 4 rings (SSSR count). The van der Waals surface area contributed by atoms with Crippen molar-refractivity contribution in [2.75, 3.05) is 0 Å². The molecule has 3 aromatic rings. The first-order chi connectivity index (χ1) is 19.7. The summed E-state index contributed by atoms with van der Waals surface area (Å²) in [4.78, 5) is 25.9. The third-order valence-corrected chi connectivity index (χ3v) is 8.13. The maximum Gasteiger partial charge on any atom is 0.307 e. The van der Waals surface area contributed by atoms with Gasteiger partial charge in [0.1, 0.15) is 5.60 Å². The Labute approximate surface area is 250 Å². The number of ether oxygens (including phenoxy) is 2. The van der Waals surface area contributed by atoms with Crippen LogP contribution in [0.4, 0.5) is 0 Å². The summed E-state index contributed by atoms with van der Waals surface area (Å²) in [5.41, 5.74) is 1.69. The molecule has 1 saturated carbocycles. The summed E-state index contributed by atoms with van der Waals surface area (Å²) in [6, 6.07) is 25.8. The summed E-state index contributed by atoms with van der Waals surface area (Å²) in [5, 5.41) is 0.497. The van der Waals surface area contributed by atoms with Gasteiger partial charge in [0.15, 0.2) is 5.60 Å². The Bertz CT molecular complexity index is 1270. The molecule has 218 valence electrons. The third-order valence-electron chi connectivity index (χ3n) is 7.80. The lowest BCUT2D eigenvalue weighted by atomic mass is 9.79. The van der Waals surface area contributed by atoms with Gasteiger partial charge in [0.2, 0.25) is 0 Å². The van der Waals surface area contributed by atoms with Crippen LogP contribution in [0.5, 0.6) is 0 Å². The molecule has 0 aliphatic heterocycles. The van der Waals surface area contributed by atoms with Gasteiger partial charge < -0.3 is 9.47 Å². The number of carbonyl (C=O) groups excluding carboxylic acids is 2. The highest BCUT2D eigenvalue weighted by Crippen LogP contribution is 2.44. The Balaban J connectivity index is 1.73. The molecule has 1 unspecified atom stereocenters. The first-order valence-corrected chi connectivity index (χ1v) is 15.4. The lowest BCUT2D eigenvalue weighted by Gasteiger charge is -2.36. The zero-order valence-corrected chi connectivity index (χ0v) is 25.4. The lowest BCUT2D eigenvalue weighted by molar-refractivity contribution is -0.161. The smallest absolute Gasteiger partial charge is 0.307 e. The molecule has 0 radical (unpaired) electrons. The number of carbonyl (C=O) groups is 2. The van der Waals surface area contributed by atoms with Gasteiger partial charge >= 0.3 is 11.9 Å². The van der Waals surface area contributed by atoms with Crippen LogP contribution in [0.25, 0.3) is 0 Å². The highest BCUT2D eigenvalue weighted by atomic mass is 35.5. The second kappa shape index (κ2) is 14.2. The summed E-state index contributed by atoms with van der Waals surface area (Å²) >= 11 is 6.83. The molecule has 1 fully saturated rings. The van der Waals surface area contributed by atoms with Crippen molar-refractivity contribution in [3.8, 4) is 0 Å². The highest BCUT2D eigenvalue weighted by Gasteiger charge is 2.42. The molecular weight excluding hydrogens is 532 g/mol. The maximum atomic E-state index is 13.5. The molecular formula is C36H43ClO4. The minimum absolute atomic E-state index is 0.0654. The minimum atomic E-state index is -1.29. The van der Waals surface area contributed by atoms with Crippen LogP contribution in [0.15, 0.2) is 78.9 Å². The Kier molecular flexibility index (Phi) is 10.7. The molecule has 0 spiro atoms. The zero-order valence-electron chi connectivity index (χ0n) is 24.7. The molecule has 4 nitrogen and oxygen atoms in total. The number of benzene rings is 3. The van der Waals surface area contributed by atoms with E-state index >= 15 is 0 Å². The Hall–Kier alpha value is -3.11. The molecule has 1 aliphatic rings. The first-order valence-electron chi connectivity index (χ1n) is 15.0. The zero-order chi connectivity index (χ0) is 29.3. The summed E-state index contributed by atoms with van der Waals surface area (Å²) < 4.78 is 11.9. The highest BCUT2D eigenvalue weighted by molar-refractivity contribution is 6.31. The molecule has 0 heterocycles. The van der Waals surface area contributed by atoms with Crippen molar-refractivity contribution in [2.24, 2.45) is 0 Å². The number of rotatable bonds is 8. The van der Waals surface area contributed by atoms with Gasteiger partial charge in [-0.2, -0.15) is 0 Å². The van der Waals surface area contributed by atoms with Crippen molar-refractivity contribution in [3.05, 3.63) is 106 Å². The van der Waals surface area contributed by atoms with E-state index in [1.807, 2.05) is 75.4 Å². The van der Waals surface area contributed by atoms with Crippen LogP contribution in [0.1, 0.15) is 113 Å². The fourth-order valence-electron chi connectivity index (χ4n) is 5.84. The van der Waals surface area contributed by atoms with E-state index in [1.54, 1.807) is 0 Å². The number of hydrogen-bond acceptors (Lipinski definition) is 4. The van der Waals surface area contributed by atoms with Gasteiger partial charge in [0, 0.05) is 21.7 Å². The van der Waals surface area contributed by atoms with Gasteiger partial charge in [-0.3, -0.25) is 9.59 Å². The number of esters is 2. The van der Waals surface area contributed by atoms with E-state index in [2.05, 4.69) is 24.3 Å². The average Bonchev–Trinajstić information content (AvgIpc) is 3.09. The molecule has 3 aromatic carbocycles. The Morgan fingerprint density at radius 3 is 1.78 bits per heavy atom. The maximum absolute atomic E-state index is 13.5. The summed E-state index contributed by atoms with van der Waals surface area (Å²) in [6.45, 7) is 5.43. The molecule has 0 saturated heterocycles. The van der Waals surface area contributed by atoms with Gasteiger partial charge in [0.25, 0.3) is 0 Å². The van der Waals surface area contributed by atoms with E-state index in [9.17, 15) is 9.59 Å². The quantitative estimate of drug-likeness (QED) is 0.198. The van der Waals surface area contributed by atoms with Crippen LogP contribution in [-0.4, -0.2) is 17.5 Å². The van der Waals surface area contributed by atoms with Crippen LogP contribution in [-0.2, 0) is 24.7 Å². The van der Waals surface area contributed by atoms with E-state index in [0.29, 0.717) is 16.5 Å². The lowest BCUT2D eigenvalue weighted by Crippen LogP contribution is -2.36. The number of hydrogen-bond donors (Lipinski definition) is 0. The second-order valence-electron chi connectivity index (χ2n) is 12.1. The molecule has 0 bridgehead atoms. The van der Waals surface area contributed by atoms with E-state index < -0.39 is 23.1 Å². The van der Waals surface area contributed by atoms with E-state index in [4.69, 9.17) is 21.1 Å². The number of halogens is 1. The molecule has 41 heavy (non-hydrogen) atoms. The van der Waals surface area contributed by atoms with Crippen molar-refractivity contribution >= 4 is 23.5 Å². The third kappa shape index (κ3) is 8.23. The van der Waals surface area contributed by atoms with Crippen molar-refractivity contribution in [1.82, 2.24) is 0 Å². The molecule has 5 heteroatoms. The Morgan fingerprint density at radius 1 is 0.683 bits per heavy atom. The van der Waals surface area contributed by atoms with Gasteiger partial charge in [-0.1, -0.05) is 123 Å². The standard InChI is InChI=1S/C36H43ClO4/c1-35(2,3)40-33(38)25-26-34(39)41-36(29-17-11-8-12-18-29,31-19-13-14-20-32(31)37)30-23-21-28(22-24-30)27-15-9-6-4-5-7-10-16-27/h8,11-14,17-24,27H,4-7,9-10,15-16,25-26H2,1-3H3. The minimum Gasteiger partial charge on any atom is -0.460 e. The van der Waals surface area contributed by atoms with E-state index in [1.165, 1.54) is 56.9 Å².